The van der Waals surface area contributed by atoms with Gasteiger partial charge in [0.25, 0.3) is 0 Å². The smallest absolute Gasteiger partial charge is 0.387 e. The van der Waals surface area contributed by atoms with Crippen LogP contribution >= 0.6 is 34.8 Å². The van der Waals surface area contributed by atoms with Crippen molar-refractivity contribution < 1.29 is 13.5 Å². The second kappa shape index (κ2) is 5.95. The van der Waals surface area contributed by atoms with Crippen LogP contribution in [0.2, 0.25) is 15.1 Å². The van der Waals surface area contributed by atoms with Crippen molar-refractivity contribution in [2.75, 3.05) is 0 Å². The largest absolute Gasteiger partial charge is 0.435 e. The van der Waals surface area contributed by atoms with E-state index in [0.717, 1.165) is 0 Å². The van der Waals surface area contributed by atoms with Gasteiger partial charge in [-0.25, -0.2) is 0 Å². The zero-order valence-electron chi connectivity index (χ0n) is 9.34. The van der Waals surface area contributed by atoms with Crippen LogP contribution in [-0.4, -0.2) is 6.61 Å². The van der Waals surface area contributed by atoms with E-state index in [0.29, 0.717) is 26.2 Å². The molecular formula is C13H7Cl3F2O. The third kappa shape index (κ3) is 3.50. The zero-order chi connectivity index (χ0) is 14.0. The molecule has 2 aromatic carbocycles. The molecule has 0 spiro atoms. The van der Waals surface area contributed by atoms with Crippen LogP contribution in [0, 0.1) is 0 Å². The molecule has 2 rings (SSSR count). The van der Waals surface area contributed by atoms with Gasteiger partial charge in [0.15, 0.2) is 0 Å². The van der Waals surface area contributed by atoms with Crippen molar-refractivity contribution in [1.29, 1.82) is 0 Å². The van der Waals surface area contributed by atoms with Gasteiger partial charge in [-0.1, -0.05) is 46.9 Å². The molecule has 0 aliphatic rings. The highest BCUT2D eigenvalue weighted by atomic mass is 35.5. The molecule has 19 heavy (non-hydrogen) atoms. The highest BCUT2D eigenvalue weighted by Gasteiger charge is 2.10. The maximum absolute atomic E-state index is 12.0. The highest BCUT2D eigenvalue weighted by molar-refractivity contribution is 6.45. The summed E-state index contributed by atoms with van der Waals surface area (Å²) >= 11 is 17.9. The summed E-state index contributed by atoms with van der Waals surface area (Å²) in [5.41, 5.74) is 1.33. The SMILES string of the molecule is FC(F)Oc1ccc(-c2cc(Cl)cc(Cl)c2Cl)cc1. The van der Waals surface area contributed by atoms with Gasteiger partial charge in [0.1, 0.15) is 5.75 Å². The monoisotopic (exact) mass is 322 g/mol. The molecule has 0 aliphatic heterocycles. The van der Waals surface area contributed by atoms with Crippen LogP contribution in [-0.2, 0) is 0 Å². The molecule has 0 bridgehead atoms. The molecule has 1 nitrogen and oxygen atoms in total. The lowest BCUT2D eigenvalue weighted by Crippen LogP contribution is -2.01. The van der Waals surface area contributed by atoms with Gasteiger partial charge in [-0.15, -0.1) is 0 Å². The van der Waals surface area contributed by atoms with Crippen LogP contribution in [0.25, 0.3) is 11.1 Å². The fourth-order valence-corrected chi connectivity index (χ4v) is 2.29. The van der Waals surface area contributed by atoms with Crippen LogP contribution in [0.3, 0.4) is 0 Å². The maximum atomic E-state index is 12.0. The minimum Gasteiger partial charge on any atom is -0.435 e. The van der Waals surface area contributed by atoms with Crippen molar-refractivity contribution in [2.45, 2.75) is 6.61 Å². The topological polar surface area (TPSA) is 9.23 Å². The molecular weight excluding hydrogens is 316 g/mol. The van der Waals surface area contributed by atoms with Gasteiger partial charge in [0.2, 0.25) is 0 Å². The second-order valence-electron chi connectivity index (χ2n) is 3.65. The molecule has 0 aliphatic carbocycles. The molecule has 2 aromatic rings. The van der Waals surface area contributed by atoms with E-state index in [1.54, 1.807) is 18.2 Å². The van der Waals surface area contributed by atoms with Crippen molar-refractivity contribution >= 4 is 34.8 Å². The molecule has 100 valence electrons. The first-order valence-corrected chi connectivity index (χ1v) is 6.30. The summed E-state index contributed by atoms with van der Waals surface area (Å²) < 4.78 is 28.3. The third-order valence-electron chi connectivity index (χ3n) is 2.38. The Morgan fingerprint density at radius 3 is 2.16 bits per heavy atom. The minimum atomic E-state index is -2.85. The van der Waals surface area contributed by atoms with Crippen molar-refractivity contribution in [1.82, 2.24) is 0 Å². The fourth-order valence-electron chi connectivity index (χ4n) is 1.58. The quantitative estimate of drug-likeness (QED) is 0.637. The first-order chi connectivity index (χ1) is 8.97. The summed E-state index contributed by atoms with van der Waals surface area (Å²) in [4.78, 5) is 0. The highest BCUT2D eigenvalue weighted by Crippen LogP contribution is 2.36. The van der Waals surface area contributed by atoms with E-state index in [9.17, 15) is 8.78 Å². The lowest BCUT2D eigenvalue weighted by molar-refractivity contribution is -0.0498. The Bertz CT molecular complexity index is 585. The predicted molar refractivity (Wildman–Crippen MR) is 73.5 cm³/mol. The van der Waals surface area contributed by atoms with Crippen molar-refractivity contribution in [3.8, 4) is 16.9 Å². The van der Waals surface area contributed by atoms with E-state index >= 15 is 0 Å². The molecule has 0 N–H and O–H groups in total. The van der Waals surface area contributed by atoms with Crippen molar-refractivity contribution in [2.24, 2.45) is 0 Å². The Morgan fingerprint density at radius 1 is 0.947 bits per heavy atom. The van der Waals surface area contributed by atoms with Gasteiger partial charge < -0.3 is 4.74 Å². The molecule has 6 heteroatoms. The van der Waals surface area contributed by atoms with Gasteiger partial charge in [0.05, 0.1) is 10.0 Å². The predicted octanol–water partition coefficient (Wildman–Crippen LogP) is 5.92. The van der Waals surface area contributed by atoms with E-state index in [1.165, 1.54) is 18.2 Å². The lowest BCUT2D eigenvalue weighted by atomic mass is 10.1. The molecule has 0 unspecified atom stereocenters. The second-order valence-corrected chi connectivity index (χ2v) is 4.87. The number of hydrogen-bond acceptors (Lipinski definition) is 1. The van der Waals surface area contributed by atoms with Crippen LogP contribution in [0.4, 0.5) is 8.78 Å². The summed E-state index contributed by atoms with van der Waals surface area (Å²) in [7, 11) is 0. The molecule has 0 amide bonds. The van der Waals surface area contributed by atoms with E-state index in [4.69, 9.17) is 34.8 Å². The summed E-state index contributed by atoms with van der Waals surface area (Å²) in [5.74, 6) is 0.0722. The normalized spacial score (nSPS) is 10.8. The van der Waals surface area contributed by atoms with E-state index in [2.05, 4.69) is 4.74 Å². The Morgan fingerprint density at radius 2 is 1.58 bits per heavy atom. The third-order valence-corrected chi connectivity index (χ3v) is 3.40. The molecule has 0 radical (unpaired) electrons. The van der Waals surface area contributed by atoms with Crippen LogP contribution in [0.1, 0.15) is 0 Å². The number of hydrogen-bond donors (Lipinski definition) is 0. The molecule has 0 saturated carbocycles. The van der Waals surface area contributed by atoms with Crippen LogP contribution in [0.5, 0.6) is 5.75 Å². The molecule has 0 aromatic heterocycles. The Hall–Kier alpha value is -1.03. The Balaban J connectivity index is 2.37. The van der Waals surface area contributed by atoms with Crippen LogP contribution < -0.4 is 4.74 Å². The first-order valence-electron chi connectivity index (χ1n) is 5.17. The summed E-state index contributed by atoms with van der Waals surface area (Å²) in [6, 6.07) is 9.23. The summed E-state index contributed by atoms with van der Waals surface area (Å²) in [6.45, 7) is -2.85. The Kier molecular flexibility index (Phi) is 4.50. The van der Waals surface area contributed by atoms with Crippen molar-refractivity contribution in [3.63, 3.8) is 0 Å². The van der Waals surface area contributed by atoms with Gasteiger partial charge in [-0.3, -0.25) is 0 Å². The van der Waals surface area contributed by atoms with Gasteiger partial charge in [-0.05, 0) is 29.8 Å². The van der Waals surface area contributed by atoms with E-state index in [-0.39, 0.29) is 5.75 Å². The lowest BCUT2D eigenvalue weighted by Gasteiger charge is -2.09. The van der Waals surface area contributed by atoms with Gasteiger partial charge >= 0.3 is 6.61 Å². The minimum absolute atomic E-state index is 0.0722. The van der Waals surface area contributed by atoms with E-state index < -0.39 is 6.61 Å². The molecule has 0 atom stereocenters. The number of benzene rings is 2. The summed E-state index contributed by atoms with van der Waals surface area (Å²) in [6.07, 6.45) is 0. The van der Waals surface area contributed by atoms with Gasteiger partial charge in [0, 0.05) is 10.6 Å². The maximum Gasteiger partial charge on any atom is 0.387 e. The van der Waals surface area contributed by atoms with Gasteiger partial charge in [-0.2, -0.15) is 8.78 Å². The summed E-state index contributed by atoms with van der Waals surface area (Å²) in [5, 5.41) is 1.13. The average molecular weight is 324 g/mol. The van der Waals surface area contributed by atoms with Crippen molar-refractivity contribution in [3.05, 3.63) is 51.5 Å². The standard InChI is InChI=1S/C13H7Cl3F2O/c14-8-5-10(12(16)11(15)6-8)7-1-3-9(4-2-7)19-13(17)18/h1-6,13H. The number of halogens is 5. The zero-order valence-corrected chi connectivity index (χ0v) is 11.6. The first kappa shape index (κ1) is 14.4. The molecule has 0 saturated heterocycles. The number of ether oxygens (including phenoxy) is 1. The molecule has 0 fully saturated rings. The Labute approximate surface area is 123 Å². The number of rotatable bonds is 3. The number of alkyl halides is 2. The fraction of sp³-hybridized carbons (Fsp3) is 0.0769. The van der Waals surface area contributed by atoms with Crippen LogP contribution in [0.15, 0.2) is 36.4 Å². The average Bonchev–Trinajstić information content (AvgIpc) is 2.34. The van der Waals surface area contributed by atoms with E-state index in [1.807, 2.05) is 0 Å². The molecule has 0 heterocycles.